The molecule has 2 rings (SSSR count). The normalized spacial score (nSPS) is 17.2. The number of carbonyl (C=O) groups is 1. The molecule has 1 aromatic rings. The minimum atomic E-state index is -3.54. The molecule has 1 aromatic carbocycles. The molecule has 22 heavy (non-hydrogen) atoms. The number of rotatable bonds is 5. The Kier molecular flexibility index (Phi) is 5.11. The Morgan fingerprint density at radius 2 is 1.95 bits per heavy atom. The van der Waals surface area contributed by atoms with Crippen molar-refractivity contribution in [2.75, 3.05) is 10.6 Å². The van der Waals surface area contributed by atoms with Gasteiger partial charge in [0.2, 0.25) is 15.9 Å². The molecular formula is C16H24N2O3S. The van der Waals surface area contributed by atoms with Crippen LogP contribution in [-0.4, -0.2) is 32.7 Å². The fourth-order valence-corrected chi connectivity index (χ4v) is 4.13. The monoisotopic (exact) mass is 324 g/mol. The lowest BCUT2D eigenvalue weighted by atomic mass is 10.2. The van der Waals surface area contributed by atoms with Gasteiger partial charge >= 0.3 is 0 Å². The molecule has 1 amide bonds. The van der Waals surface area contributed by atoms with Crippen molar-refractivity contribution in [3.05, 3.63) is 29.8 Å². The summed E-state index contributed by atoms with van der Waals surface area (Å²) in [5.41, 5.74) is 1.48. The van der Waals surface area contributed by atoms with Gasteiger partial charge in [-0.1, -0.05) is 25.0 Å². The number of anilines is 1. The molecule has 122 valence electrons. The molecule has 1 aliphatic rings. The van der Waals surface area contributed by atoms with Crippen LogP contribution in [0.3, 0.4) is 0 Å². The van der Waals surface area contributed by atoms with E-state index in [1.165, 1.54) is 4.31 Å². The first kappa shape index (κ1) is 16.8. The van der Waals surface area contributed by atoms with Crippen molar-refractivity contribution >= 4 is 21.6 Å². The summed E-state index contributed by atoms with van der Waals surface area (Å²) in [6.07, 6.45) is 5.32. The Morgan fingerprint density at radius 3 is 2.50 bits per heavy atom. The second kappa shape index (κ2) is 6.69. The molecule has 1 atom stereocenters. The van der Waals surface area contributed by atoms with Crippen molar-refractivity contribution < 1.29 is 13.2 Å². The summed E-state index contributed by atoms with van der Waals surface area (Å²) >= 11 is 0. The van der Waals surface area contributed by atoms with Crippen molar-refractivity contribution in [2.24, 2.45) is 0 Å². The maximum atomic E-state index is 12.4. The lowest BCUT2D eigenvalue weighted by Crippen LogP contribution is -2.50. The zero-order chi connectivity index (χ0) is 16.3. The van der Waals surface area contributed by atoms with E-state index in [2.05, 4.69) is 5.32 Å². The third-order valence-electron chi connectivity index (χ3n) is 4.05. The molecule has 1 saturated carbocycles. The van der Waals surface area contributed by atoms with Gasteiger partial charge < -0.3 is 5.32 Å². The van der Waals surface area contributed by atoms with E-state index >= 15 is 0 Å². The summed E-state index contributed by atoms with van der Waals surface area (Å²) in [7, 11) is -3.54. The number of hydrogen-bond donors (Lipinski definition) is 1. The highest BCUT2D eigenvalue weighted by Crippen LogP contribution is 2.23. The van der Waals surface area contributed by atoms with Crippen LogP contribution in [-0.2, 0) is 14.8 Å². The average molecular weight is 324 g/mol. The number of carbonyl (C=O) groups excluding carboxylic acids is 1. The van der Waals surface area contributed by atoms with Crippen LogP contribution in [0.25, 0.3) is 0 Å². The summed E-state index contributed by atoms with van der Waals surface area (Å²) < 4.78 is 25.5. The third-order valence-corrected chi connectivity index (χ3v) is 5.29. The predicted octanol–water partition coefficient (Wildman–Crippen LogP) is 2.21. The molecule has 1 fully saturated rings. The molecule has 1 N–H and O–H groups in total. The molecule has 0 spiro atoms. The van der Waals surface area contributed by atoms with E-state index in [1.807, 2.05) is 13.0 Å². The van der Waals surface area contributed by atoms with Crippen LogP contribution >= 0.6 is 0 Å². The van der Waals surface area contributed by atoms with Crippen LogP contribution in [0.2, 0.25) is 0 Å². The molecule has 0 saturated heterocycles. The molecular weight excluding hydrogens is 300 g/mol. The van der Waals surface area contributed by atoms with Crippen LogP contribution < -0.4 is 9.62 Å². The second-order valence-corrected chi connectivity index (χ2v) is 7.92. The highest BCUT2D eigenvalue weighted by Gasteiger charge is 2.30. The minimum absolute atomic E-state index is 0.175. The van der Waals surface area contributed by atoms with Gasteiger partial charge in [0.25, 0.3) is 0 Å². The second-order valence-electron chi connectivity index (χ2n) is 6.06. The van der Waals surface area contributed by atoms with E-state index in [0.29, 0.717) is 5.69 Å². The lowest BCUT2D eigenvalue weighted by molar-refractivity contribution is -0.122. The number of nitrogens with one attached hydrogen (secondary N) is 1. The number of hydrogen-bond acceptors (Lipinski definition) is 3. The Labute approximate surface area is 132 Å². The van der Waals surface area contributed by atoms with Gasteiger partial charge in [0.1, 0.15) is 6.04 Å². The molecule has 6 heteroatoms. The number of sulfonamides is 1. The van der Waals surface area contributed by atoms with Gasteiger partial charge in [0.15, 0.2) is 0 Å². The SMILES string of the molecule is Cc1cccc(N([C@@H](C)C(=O)NC2CCCC2)S(C)(=O)=O)c1. The first-order valence-corrected chi connectivity index (χ1v) is 9.50. The molecule has 0 bridgehead atoms. The zero-order valence-corrected chi connectivity index (χ0v) is 14.2. The largest absolute Gasteiger partial charge is 0.352 e. The molecule has 0 radical (unpaired) electrons. The fraction of sp³-hybridized carbons (Fsp3) is 0.562. The first-order valence-electron chi connectivity index (χ1n) is 7.65. The predicted molar refractivity (Wildman–Crippen MR) is 88.4 cm³/mol. The Hall–Kier alpha value is -1.56. The summed E-state index contributed by atoms with van der Waals surface area (Å²) in [5.74, 6) is -0.237. The van der Waals surface area contributed by atoms with Crippen molar-refractivity contribution in [1.29, 1.82) is 0 Å². The molecule has 0 heterocycles. The molecule has 0 unspecified atom stereocenters. The number of aryl methyl sites for hydroxylation is 1. The van der Waals surface area contributed by atoms with Crippen molar-refractivity contribution in [2.45, 2.75) is 51.6 Å². The number of nitrogens with zero attached hydrogens (tertiary/aromatic N) is 1. The fourth-order valence-electron chi connectivity index (χ4n) is 2.97. The standard InChI is InChI=1S/C16H24N2O3S/c1-12-7-6-10-15(11-12)18(22(3,20)21)13(2)16(19)17-14-8-4-5-9-14/h6-7,10-11,13-14H,4-5,8-9H2,1-3H3,(H,17,19)/t13-/m0/s1. The molecule has 0 aliphatic heterocycles. The Balaban J connectivity index is 2.23. The number of benzene rings is 1. The van der Waals surface area contributed by atoms with Gasteiger partial charge in [-0.15, -0.1) is 0 Å². The van der Waals surface area contributed by atoms with Crippen molar-refractivity contribution in [3.8, 4) is 0 Å². The number of amides is 1. The van der Waals surface area contributed by atoms with E-state index in [1.54, 1.807) is 25.1 Å². The van der Waals surface area contributed by atoms with Gasteiger partial charge in [-0.3, -0.25) is 9.10 Å². The van der Waals surface area contributed by atoms with E-state index in [4.69, 9.17) is 0 Å². The Bertz CT molecular complexity index is 637. The Morgan fingerprint density at radius 1 is 1.32 bits per heavy atom. The van der Waals surface area contributed by atoms with Crippen LogP contribution in [0.1, 0.15) is 38.2 Å². The third kappa shape index (κ3) is 4.00. The van der Waals surface area contributed by atoms with E-state index in [-0.39, 0.29) is 11.9 Å². The minimum Gasteiger partial charge on any atom is -0.352 e. The topological polar surface area (TPSA) is 66.5 Å². The van der Waals surface area contributed by atoms with Crippen LogP contribution in [0.4, 0.5) is 5.69 Å². The summed E-state index contributed by atoms with van der Waals surface area (Å²) in [4.78, 5) is 12.4. The molecule has 1 aliphatic carbocycles. The summed E-state index contributed by atoms with van der Waals surface area (Å²) in [6, 6.07) is 6.59. The van der Waals surface area contributed by atoms with E-state index in [9.17, 15) is 13.2 Å². The average Bonchev–Trinajstić information content (AvgIpc) is 2.90. The smallest absolute Gasteiger partial charge is 0.243 e. The first-order chi connectivity index (χ1) is 10.3. The van der Waals surface area contributed by atoms with Gasteiger partial charge in [-0.05, 0) is 44.4 Å². The van der Waals surface area contributed by atoms with E-state index in [0.717, 1.165) is 37.5 Å². The highest BCUT2D eigenvalue weighted by atomic mass is 32.2. The van der Waals surface area contributed by atoms with Gasteiger partial charge in [0.05, 0.1) is 11.9 Å². The van der Waals surface area contributed by atoms with Gasteiger partial charge in [0, 0.05) is 6.04 Å². The van der Waals surface area contributed by atoms with Gasteiger partial charge in [-0.2, -0.15) is 0 Å². The quantitative estimate of drug-likeness (QED) is 0.903. The summed E-state index contributed by atoms with van der Waals surface area (Å²) in [5, 5.41) is 2.97. The van der Waals surface area contributed by atoms with Crippen LogP contribution in [0.15, 0.2) is 24.3 Å². The maximum Gasteiger partial charge on any atom is 0.243 e. The van der Waals surface area contributed by atoms with Crippen LogP contribution in [0.5, 0.6) is 0 Å². The maximum absolute atomic E-state index is 12.4. The highest BCUT2D eigenvalue weighted by molar-refractivity contribution is 7.92. The molecule has 0 aromatic heterocycles. The van der Waals surface area contributed by atoms with Crippen molar-refractivity contribution in [1.82, 2.24) is 5.32 Å². The van der Waals surface area contributed by atoms with Gasteiger partial charge in [-0.25, -0.2) is 8.42 Å². The van der Waals surface area contributed by atoms with Crippen molar-refractivity contribution in [3.63, 3.8) is 0 Å². The summed E-state index contributed by atoms with van der Waals surface area (Å²) in [6.45, 7) is 3.53. The van der Waals surface area contributed by atoms with Crippen LogP contribution in [0, 0.1) is 6.92 Å². The van der Waals surface area contributed by atoms with E-state index < -0.39 is 16.1 Å². The lowest BCUT2D eigenvalue weighted by Gasteiger charge is -2.29. The molecule has 5 nitrogen and oxygen atoms in total. The zero-order valence-electron chi connectivity index (χ0n) is 13.4.